The van der Waals surface area contributed by atoms with Crippen LogP contribution in [0.3, 0.4) is 0 Å². The van der Waals surface area contributed by atoms with E-state index >= 15 is 0 Å². The molecule has 1 aromatic heterocycles. The summed E-state index contributed by atoms with van der Waals surface area (Å²) in [6.45, 7) is 4.65. The minimum Gasteiger partial charge on any atom is -0.354 e. The molecule has 5 nitrogen and oxygen atoms in total. The zero-order valence-corrected chi connectivity index (χ0v) is 17.2. The van der Waals surface area contributed by atoms with Gasteiger partial charge in [-0.15, -0.1) is 23.1 Å². The van der Waals surface area contributed by atoms with E-state index in [1.165, 1.54) is 5.56 Å². The largest absolute Gasteiger partial charge is 0.354 e. The van der Waals surface area contributed by atoms with Gasteiger partial charge in [0.05, 0.1) is 15.6 Å². The van der Waals surface area contributed by atoms with Crippen LogP contribution >= 0.6 is 23.1 Å². The molecule has 2 aliphatic rings. The summed E-state index contributed by atoms with van der Waals surface area (Å²) in [6, 6.07) is 8.00. The number of carbonyl (C=O) groups is 2. The Kier molecular flexibility index (Phi) is 4.99. The van der Waals surface area contributed by atoms with Crippen molar-refractivity contribution in [3.63, 3.8) is 0 Å². The number of hydrogen-bond acceptors (Lipinski definition) is 5. The number of nitrogens with one attached hydrogen (secondary N) is 1. The van der Waals surface area contributed by atoms with E-state index in [1.54, 1.807) is 28.0 Å². The average Bonchev–Trinajstić information content (AvgIpc) is 3.31. The Morgan fingerprint density at radius 3 is 2.85 bits per heavy atom. The molecule has 0 radical (unpaired) electrons. The van der Waals surface area contributed by atoms with Crippen LogP contribution in [0.2, 0.25) is 0 Å². The Morgan fingerprint density at radius 1 is 1.37 bits per heavy atom. The molecule has 2 amide bonds. The second-order valence-electron chi connectivity index (χ2n) is 7.26. The van der Waals surface area contributed by atoms with Gasteiger partial charge in [0, 0.05) is 29.7 Å². The number of thiazole rings is 1. The molecule has 3 heterocycles. The molecule has 0 unspecified atom stereocenters. The lowest BCUT2D eigenvalue weighted by molar-refractivity contribution is -0.137. The third-order valence-corrected chi connectivity index (χ3v) is 7.61. The highest BCUT2D eigenvalue weighted by atomic mass is 32.2. The Morgan fingerprint density at radius 2 is 2.15 bits per heavy atom. The molecule has 0 saturated carbocycles. The quantitative estimate of drug-likeness (QED) is 0.836. The summed E-state index contributed by atoms with van der Waals surface area (Å²) in [5.41, 5.74) is 3.30. The van der Waals surface area contributed by atoms with Gasteiger partial charge < -0.3 is 10.2 Å². The first kappa shape index (κ1) is 18.5. The molecule has 1 N–H and O–H groups in total. The molecular weight excluding hydrogens is 378 g/mol. The molecule has 27 heavy (non-hydrogen) atoms. The molecule has 2 fully saturated rings. The van der Waals surface area contributed by atoms with Crippen molar-refractivity contribution in [1.82, 2.24) is 15.2 Å². The van der Waals surface area contributed by atoms with Crippen molar-refractivity contribution in [3.05, 3.63) is 40.2 Å². The lowest BCUT2D eigenvalue weighted by atomic mass is 10.1. The fourth-order valence-corrected chi connectivity index (χ4v) is 5.85. The number of aromatic nitrogens is 1. The third-order valence-electron chi connectivity index (χ3n) is 5.33. The van der Waals surface area contributed by atoms with Crippen LogP contribution in [0.15, 0.2) is 29.6 Å². The van der Waals surface area contributed by atoms with Crippen molar-refractivity contribution < 1.29 is 9.59 Å². The molecule has 2 aromatic rings. The van der Waals surface area contributed by atoms with Gasteiger partial charge in [-0.3, -0.25) is 9.59 Å². The van der Waals surface area contributed by atoms with Gasteiger partial charge in [0.15, 0.2) is 0 Å². The number of hydrogen-bond donors (Lipinski definition) is 1. The van der Waals surface area contributed by atoms with E-state index in [4.69, 9.17) is 0 Å². The predicted octanol–water partition coefficient (Wildman–Crippen LogP) is 3.23. The summed E-state index contributed by atoms with van der Waals surface area (Å²) >= 11 is 3.38. The predicted molar refractivity (Wildman–Crippen MR) is 110 cm³/mol. The lowest BCUT2D eigenvalue weighted by Crippen LogP contribution is -2.50. The summed E-state index contributed by atoms with van der Waals surface area (Å²) in [6.07, 6.45) is 2.16. The van der Waals surface area contributed by atoms with E-state index in [-0.39, 0.29) is 22.7 Å². The Labute approximate surface area is 167 Å². The number of thioether (sulfide) groups is 1. The third kappa shape index (κ3) is 3.62. The fraction of sp³-hybridized carbons (Fsp3) is 0.450. The molecule has 1 aromatic carbocycles. The minimum absolute atomic E-state index is 0.0314. The van der Waals surface area contributed by atoms with Gasteiger partial charge >= 0.3 is 0 Å². The molecule has 0 spiro atoms. The van der Waals surface area contributed by atoms with Crippen LogP contribution in [-0.2, 0) is 16.0 Å². The van der Waals surface area contributed by atoms with Gasteiger partial charge in [-0.25, -0.2) is 4.98 Å². The number of aryl methyl sites for hydroxylation is 1. The van der Waals surface area contributed by atoms with Crippen molar-refractivity contribution in [1.29, 1.82) is 0 Å². The average molecular weight is 402 g/mol. The summed E-state index contributed by atoms with van der Waals surface area (Å²) in [4.78, 5) is 30.8. The maximum atomic E-state index is 12.6. The van der Waals surface area contributed by atoms with Crippen molar-refractivity contribution in [2.75, 3.05) is 12.3 Å². The van der Waals surface area contributed by atoms with Gasteiger partial charge in [0.2, 0.25) is 11.8 Å². The normalized spacial score (nSPS) is 24.3. The highest BCUT2D eigenvalue weighted by Gasteiger charge is 2.52. The molecular formula is C20H23N3O2S2. The van der Waals surface area contributed by atoms with Crippen molar-refractivity contribution in [3.8, 4) is 11.3 Å². The van der Waals surface area contributed by atoms with Crippen LogP contribution in [0.5, 0.6) is 0 Å². The van der Waals surface area contributed by atoms with E-state index in [0.717, 1.165) is 29.1 Å². The first-order chi connectivity index (χ1) is 13.0. The monoisotopic (exact) mass is 401 g/mol. The maximum Gasteiger partial charge on any atom is 0.243 e. The second kappa shape index (κ2) is 7.28. The van der Waals surface area contributed by atoms with E-state index in [2.05, 4.69) is 46.9 Å². The lowest BCUT2D eigenvalue weighted by Gasteiger charge is -2.29. The first-order valence-corrected chi connectivity index (χ1v) is 11.1. The first-order valence-electron chi connectivity index (χ1n) is 9.21. The van der Waals surface area contributed by atoms with Crippen LogP contribution in [0.4, 0.5) is 0 Å². The van der Waals surface area contributed by atoms with Gasteiger partial charge in [0.1, 0.15) is 6.04 Å². The molecule has 2 saturated heterocycles. The van der Waals surface area contributed by atoms with E-state index in [9.17, 15) is 9.59 Å². The van der Waals surface area contributed by atoms with Crippen LogP contribution < -0.4 is 5.32 Å². The Hall–Kier alpha value is -1.86. The highest BCUT2D eigenvalue weighted by Crippen LogP contribution is 2.47. The van der Waals surface area contributed by atoms with E-state index < -0.39 is 0 Å². The number of rotatable bonds is 5. The topological polar surface area (TPSA) is 62.3 Å². The number of carbonyl (C=O) groups excluding carboxylic acids is 2. The number of benzene rings is 1. The molecule has 0 aliphatic carbocycles. The van der Waals surface area contributed by atoms with Gasteiger partial charge in [0.25, 0.3) is 0 Å². The number of fused-ring (bicyclic) bond motifs is 1. The van der Waals surface area contributed by atoms with Crippen molar-refractivity contribution in [2.24, 2.45) is 0 Å². The molecule has 0 bridgehead atoms. The zero-order chi connectivity index (χ0) is 19.0. The molecule has 142 valence electrons. The van der Waals surface area contributed by atoms with Crippen molar-refractivity contribution in [2.45, 2.75) is 44.0 Å². The fourth-order valence-electron chi connectivity index (χ4n) is 3.80. The number of nitrogens with zero attached hydrogens (tertiary/aromatic N) is 2. The Balaban J connectivity index is 1.31. The summed E-state index contributed by atoms with van der Waals surface area (Å²) < 4.78 is 0. The van der Waals surface area contributed by atoms with Crippen LogP contribution in [0, 0.1) is 6.92 Å². The van der Waals surface area contributed by atoms with Gasteiger partial charge in [-0.05, 0) is 32.3 Å². The van der Waals surface area contributed by atoms with Crippen LogP contribution in [0.25, 0.3) is 11.3 Å². The van der Waals surface area contributed by atoms with E-state index in [0.29, 0.717) is 18.7 Å². The van der Waals surface area contributed by atoms with Gasteiger partial charge in [-0.2, -0.15) is 0 Å². The van der Waals surface area contributed by atoms with E-state index in [1.807, 2.05) is 6.92 Å². The van der Waals surface area contributed by atoms with Crippen LogP contribution in [-0.4, -0.2) is 44.9 Å². The zero-order valence-electron chi connectivity index (χ0n) is 15.5. The van der Waals surface area contributed by atoms with Crippen molar-refractivity contribution >= 4 is 34.9 Å². The standard InChI is InChI=1S/C20H23N3O2S2/c1-13-22-16(11-26-13)15-5-3-14(4-6-15)8-10-21-19(25)17-12-27-20(2)9-7-18(24)23(17)20/h3-6,11,17H,7-10,12H2,1-2H3,(H,21,25)/t17-,20-/m1/s1. The SMILES string of the molecule is Cc1nc(-c2ccc(CCNC(=O)[C@H]3CS[C@]4(C)CCC(=O)N34)cc2)cs1. The molecule has 2 atom stereocenters. The minimum atomic E-state index is -0.328. The smallest absolute Gasteiger partial charge is 0.243 e. The molecule has 7 heteroatoms. The number of amides is 2. The molecule has 4 rings (SSSR count). The highest BCUT2D eigenvalue weighted by molar-refractivity contribution is 8.01. The Bertz CT molecular complexity index is 864. The summed E-state index contributed by atoms with van der Waals surface area (Å²) in [5, 5.41) is 6.15. The maximum absolute atomic E-state index is 12.6. The second-order valence-corrected chi connectivity index (χ2v) is 9.82. The molecule has 2 aliphatic heterocycles. The summed E-state index contributed by atoms with van der Waals surface area (Å²) in [5.74, 6) is 0.766. The van der Waals surface area contributed by atoms with Gasteiger partial charge in [-0.1, -0.05) is 24.3 Å². The summed E-state index contributed by atoms with van der Waals surface area (Å²) in [7, 11) is 0. The van der Waals surface area contributed by atoms with Crippen LogP contribution in [0.1, 0.15) is 30.3 Å².